The van der Waals surface area contributed by atoms with Gasteiger partial charge in [0.05, 0.1) is 0 Å². The Kier molecular flexibility index (Phi) is 21.6. The van der Waals surface area contributed by atoms with Gasteiger partial charge in [-0.3, -0.25) is 0 Å². The molecule has 0 saturated heterocycles. The zero-order valence-electron chi connectivity index (χ0n) is 19.9. The Bertz CT molecular complexity index is 347. The van der Waals surface area contributed by atoms with Gasteiger partial charge in [0.15, 0.2) is 6.10 Å². The first-order chi connectivity index (χ1) is 14.1. The van der Waals surface area contributed by atoms with E-state index >= 15 is 0 Å². The first kappa shape index (κ1) is 28.4. The fourth-order valence-corrected chi connectivity index (χ4v) is 3.75. The predicted molar refractivity (Wildman–Crippen MR) is 125 cm³/mol. The van der Waals surface area contributed by atoms with Crippen molar-refractivity contribution < 1.29 is 14.6 Å². The number of carboxylic acids is 1. The highest BCUT2D eigenvalue weighted by Gasteiger charge is 2.17. The smallest absolute Gasteiger partial charge is 0.332 e. The maximum absolute atomic E-state index is 11.2. The molecule has 0 spiro atoms. The highest BCUT2D eigenvalue weighted by Crippen LogP contribution is 2.14. The zero-order chi connectivity index (χ0) is 21.6. The third-order valence-corrected chi connectivity index (χ3v) is 5.66. The molecule has 29 heavy (non-hydrogen) atoms. The van der Waals surface area contributed by atoms with Gasteiger partial charge < -0.3 is 14.7 Å². The van der Waals surface area contributed by atoms with Gasteiger partial charge in [0.2, 0.25) is 0 Å². The number of rotatable bonds is 23. The maximum Gasteiger partial charge on any atom is 0.332 e. The van der Waals surface area contributed by atoms with Crippen molar-refractivity contribution in [2.24, 2.45) is 0 Å². The molecule has 0 aliphatic heterocycles. The lowest BCUT2D eigenvalue weighted by molar-refractivity contribution is -0.151. The van der Waals surface area contributed by atoms with Crippen LogP contribution in [0.3, 0.4) is 0 Å². The zero-order valence-corrected chi connectivity index (χ0v) is 19.9. The van der Waals surface area contributed by atoms with Gasteiger partial charge in [0.25, 0.3) is 0 Å². The molecule has 0 aliphatic rings. The SMILES string of the molecule is CCCCCCCCCCCCCCCCCCOC(CCCN(C)C)C(=O)O. The minimum atomic E-state index is -0.819. The van der Waals surface area contributed by atoms with E-state index in [9.17, 15) is 9.90 Å². The summed E-state index contributed by atoms with van der Waals surface area (Å²) in [5.74, 6) is -0.819. The molecule has 0 aliphatic carbocycles. The summed E-state index contributed by atoms with van der Waals surface area (Å²) in [6.07, 6.45) is 22.4. The average molecular weight is 414 g/mol. The van der Waals surface area contributed by atoms with Crippen molar-refractivity contribution in [3.05, 3.63) is 0 Å². The van der Waals surface area contributed by atoms with Crippen LogP contribution in [0.1, 0.15) is 122 Å². The Morgan fingerprint density at radius 2 is 1.14 bits per heavy atom. The monoisotopic (exact) mass is 413 g/mol. The van der Waals surface area contributed by atoms with Crippen LogP contribution in [0.25, 0.3) is 0 Å². The minimum Gasteiger partial charge on any atom is -0.479 e. The topological polar surface area (TPSA) is 49.8 Å². The Hall–Kier alpha value is -0.610. The van der Waals surface area contributed by atoms with Crippen LogP contribution in [-0.4, -0.2) is 49.3 Å². The van der Waals surface area contributed by atoms with Crippen LogP contribution in [0.15, 0.2) is 0 Å². The largest absolute Gasteiger partial charge is 0.479 e. The van der Waals surface area contributed by atoms with Gasteiger partial charge in [-0.05, 0) is 39.9 Å². The van der Waals surface area contributed by atoms with Crippen LogP contribution < -0.4 is 0 Å². The fourth-order valence-electron chi connectivity index (χ4n) is 3.75. The summed E-state index contributed by atoms with van der Waals surface area (Å²) in [7, 11) is 4.01. The van der Waals surface area contributed by atoms with E-state index in [1.807, 2.05) is 14.1 Å². The van der Waals surface area contributed by atoms with Gasteiger partial charge in [-0.2, -0.15) is 0 Å². The number of nitrogens with zero attached hydrogens (tertiary/aromatic N) is 1. The molecule has 174 valence electrons. The molecular formula is C25H51NO3. The summed E-state index contributed by atoms with van der Waals surface area (Å²) in [5, 5.41) is 9.23. The highest BCUT2D eigenvalue weighted by atomic mass is 16.5. The summed E-state index contributed by atoms with van der Waals surface area (Å²) in [6, 6.07) is 0. The number of unbranched alkanes of at least 4 members (excludes halogenated alkanes) is 15. The van der Waals surface area contributed by atoms with E-state index in [2.05, 4.69) is 11.8 Å². The van der Waals surface area contributed by atoms with E-state index in [-0.39, 0.29) is 0 Å². The first-order valence-corrected chi connectivity index (χ1v) is 12.6. The molecule has 0 rings (SSSR count). The second kappa shape index (κ2) is 22.1. The van der Waals surface area contributed by atoms with Gasteiger partial charge in [-0.1, -0.05) is 103 Å². The van der Waals surface area contributed by atoms with Gasteiger partial charge in [-0.15, -0.1) is 0 Å². The Morgan fingerprint density at radius 1 is 0.724 bits per heavy atom. The standard InChI is InChI=1S/C25H51NO3/c1-4-5-6-7-8-9-10-11-12-13-14-15-16-17-18-19-23-29-24(25(27)28)21-20-22-26(2)3/h24H,4-23H2,1-3H3,(H,27,28). The molecule has 0 aromatic carbocycles. The number of carboxylic acid groups (broad SMARTS) is 1. The van der Waals surface area contributed by atoms with Gasteiger partial charge in [-0.25, -0.2) is 4.79 Å². The molecule has 1 atom stereocenters. The number of carbonyl (C=O) groups is 1. The van der Waals surface area contributed by atoms with E-state index in [1.54, 1.807) is 0 Å². The summed E-state index contributed by atoms with van der Waals surface area (Å²) >= 11 is 0. The average Bonchev–Trinajstić information content (AvgIpc) is 2.68. The van der Waals surface area contributed by atoms with Crippen LogP contribution >= 0.6 is 0 Å². The summed E-state index contributed by atoms with van der Waals surface area (Å²) in [5.41, 5.74) is 0. The lowest BCUT2D eigenvalue weighted by Crippen LogP contribution is -2.26. The van der Waals surface area contributed by atoms with Crippen molar-refractivity contribution in [2.45, 2.75) is 129 Å². The second-order valence-electron chi connectivity index (χ2n) is 8.95. The normalized spacial score (nSPS) is 12.6. The molecule has 0 radical (unpaired) electrons. The van der Waals surface area contributed by atoms with E-state index in [0.29, 0.717) is 13.0 Å². The van der Waals surface area contributed by atoms with Crippen molar-refractivity contribution in [3.63, 3.8) is 0 Å². The quantitative estimate of drug-likeness (QED) is 0.182. The second-order valence-corrected chi connectivity index (χ2v) is 8.95. The number of aliphatic carboxylic acids is 1. The van der Waals surface area contributed by atoms with Crippen LogP contribution in [0.5, 0.6) is 0 Å². The molecular weight excluding hydrogens is 362 g/mol. The van der Waals surface area contributed by atoms with Crippen molar-refractivity contribution >= 4 is 5.97 Å². The summed E-state index contributed by atoms with van der Waals surface area (Å²) < 4.78 is 5.59. The Balaban J connectivity index is 3.30. The molecule has 0 aromatic heterocycles. The highest BCUT2D eigenvalue weighted by molar-refractivity contribution is 5.72. The molecule has 0 aromatic rings. The lowest BCUT2D eigenvalue weighted by atomic mass is 10.0. The molecule has 0 amide bonds. The molecule has 0 bridgehead atoms. The third-order valence-electron chi connectivity index (χ3n) is 5.66. The minimum absolute atomic E-state index is 0.581. The van der Waals surface area contributed by atoms with E-state index in [4.69, 9.17) is 4.74 Å². The molecule has 1 unspecified atom stereocenters. The Labute approximate surface area is 181 Å². The molecule has 1 N–H and O–H groups in total. The van der Waals surface area contributed by atoms with Gasteiger partial charge >= 0.3 is 5.97 Å². The molecule has 0 heterocycles. The van der Waals surface area contributed by atoms with Crippen molar-refractivity contribution in [3.8, 4) is 0 Å². The van der Waals surface area contributed by atoms with E-state index in [0.717, 1.165) is 25.8 Å². The van der Waals surface area contributed by atoms with Crippen molar-refractivity contribution in [1.82, 2.24) is 4.90 Å². The summed E-state index contributed by atoms with van der Waals surface area (Å²) in [6.45, 7) is 3.77. The number of ether oxygens (including phenoxy) is 1. The Morgan fingerprint density at radius 3 is 1.52 bits per heavy atom. The van der Waals surface area contributed by atoms with Gasteiger partial charge in [0.1, 0.15) is 0 Å². The van der Waals surface area contributed by atoms with Crippen LogP contribution in [0.4, 0.5) is 0 Å². The molecule has 4 heteroatoms. The molecule has 0 fully saturated rings. The first-order valence-electron chi connectivity index (χ1n) is 12.6. The molecule has 0 saturated carbocycles. The molecule has 4 nitrogen and oxygen atoms in total. The van der Waals surface area contributed by atoms with E-state index in [1.165, 1.54) is 89.9 Å². The third kappa shape index (κ3) is 21.9. The fraction of sp³-hybridized carbons (Fsp3) is 0.960. The number of hydrogen-bond donors (Lipinski definition) is 1. The maximum atomic E-state index is 11.2. The predicted octanol–water partition coefficient (Wildman–Crippen LogP) is 7.06. The van der Waals surface area contributed by atoms with Gasteiger partial charge in [0, 0.05) is 6.61 Å². The van der Waals surface area contributed by atoms with E-state index < -0.39 is 12.1 Å². The number of hydrogen-bond acceptors (Lipinski definition) is 3. The van der Waals surface area contributed by atoms with Crippen molar-refractivity contribution in [1.29, 1.82) is 0 Å². The van der Waals surface area contributed by atoms with Crippen LogP contribution in [-0.2, 0) is 9.53 Å². The van der Waals surface area contributed by atoms with Crippen molar-refractivity contribution in [2.75, 3.05) is 27.2 Å². The lowest BCUT2D eigenvalue weighted by Gasteiger charge is -2.15. The van der Waals surface area contributed by atoms with Crippen LogP contribution in [0.2, 0.25) is 0 Å². The summed E-state index contributed by atoms with van der Waals surface area (Å²) in [4.78, 5) is 13.3. The van der Waals surface area contributed by atoms with Crippen LogP contribution in [0, 0.1) is 0 Å².